The lowest BCUT2D eigenvalue weighted by Gasteiger charge is -2.11. The molecule has 8 nitrogen and oxygen atoms in total. The first kappa shape index (κ1) is 33.0. The van der Waals surface area contributed by atoms with Crippen LogP contribution < -0.4 is 25.7 Å². The van der Waals surface area contributed by atoms with Crippen LogP contribution >= 0.6 is 0 Å². The average Bonchev–Trinajstić information content (AvgIpc) is 2.99. The summed E-state index contributed by atoms with van der Waals surface area (Å²) in [6.07, 6.45) is 13.1. The van der Waals surface area contributed by atoms with Gasteiger partial charge >= 0.3 is 11.9 Å². The lowest BCUT2D eigenvalue weighted by atomic mass is 9.98. The Labute approximate surface area is 254 Å². The van der Waals surface area contributed by atoms with Crippen molar-refractivity contribution in [3.05, 3.63) is 83.4 Å². The second-order valence-corrected chi connectivity index (χ2v) is 10.5. The van der Waals surface area contributed by atoms with E-state index in [0.717, 1.165) is 74.8 Å². The molecular formula is C35H44N2O6. The van der Waals surface area contributed by atoms with E-state index in [4.69, 9.17) is 25.7 Å². The molecule has 0 bridgehead atoms. The second-order valence-electron chi connectivity index (χ2n) is 10.5. The van der Waals surface area contributed by atoms with Crippen molar-refractivity contribution in [2.24, 2.45) is 0 Å². The van der Waals surface area contributed by atoms with Gasteiger partial charge in [-0.25, -0.2) is 9.59 Å². The number of benzene rings is 3. The molecule has 0 saturated heterocycles. The van der Waals surface area contributed by atoms with Crippen LogP contribution in [-0.4, -0.2) is 30.3 Å². The van der Waals surface area contributed by atoms with E-state index in [0.29, 0.717) is 42.3 Å². The summed E-state index contributed by atoms with van der Waals surface area (Å²) in [7, 11) is 0. The average molecular weight is 589 g/mol. The van der Waals surface area contributed by atoms with Crippen LogP contribution in [0.2, 0.25) is 0 Å². The predicted octanol–water partition coefficient (Wildman–Crippen LogP) is 7.70. The molecule has 0 fully saturated rings. The molecule has 0 radical (unpaired) electrons. The first-order valence-electron chi connectivity index (χ1n) is 15.1. The molecule has 0 saturated carbocycles. The van der Waals surface area contributed by atoms with Crippen molar-refractivity contribution >= 4 is 29.4 Å². The Morgan fingerprint density at radius 3 is 1.93 bits per heavy atom. The molecular weight excluding hydrogens is 544 g/mol. The molecule has 0 aliphatic heterocycles. The van der Waals surface area contributed by atoms with Gasteiger partial charge in [0.05, 0.1) is 18.8 Å². The molecule has 0 unspecified atom stereocenters. The van der Waals surface area contributed by atoms with Gasteiger partial charge in [0.2, 0.25) is 0 Å². The molecule has 3 aromatic carbocycles. The van der Waals surface area contributed by atoms with Crippen molar-refractivity contribution in [2.45, 2.75) is 71.1 Å². The van der Waals surface area contributed by atoms with Gasteiger partial charge in [-0.15, -0.1) is 0 Å². The molecule has 230 valence electrons. The number of hydrogen-bond acceptors (Lipinski definition) is 7. The minimum atomic E-state index is -0.998. The number of hydrogen-bond donors (Lipinski definition) is 3. The Kier molecular flexibility index (Phi) is 14.0. The van der Waals surface area contributed by atoms with Gasteiger partial charge in [-0.3, -0.25) is 0 Å². The predicted molar refractivity (Wildman–Crippen MR) is 172 cm³/mol. The van der Waals surface area contributed by atoms with Crippen molar-refractivity contribution in [3.8, 4) is 17.2 Å². The number of carbonyl (C=O) groups is 2. The van der Waals surface area contributed by atoms with Crippen LogP contribution in [0, 0.1) is 0 Å². The van der Waals surface area contributed by atoms with Crippen molar-refractivity contribution in [1.29, 1.82) is 0 Å². The molecule has 0 atom stereocenters. The molecule has 0 aliphatic rings. The number of carbonyl (C=O) groups excluding carboxylic acids is 1. The zero-order valence-electron chi connectivity index (χ0n) is 25.1. The minimum absolute atomic E-state index is 0.196. The number of ether oxygens (including phenoxy) is 3. The number of nitrogens with two attached hydrogens (primary N) is 2. The lowest BCUT2D eigenvalue weighted by Crippen LogP contribution is -2.07. The van der Waals surface area contributed by atoms with Gasteiger partial charge in [0.25, 0.3) is 0 Å². The molecule has 3 rings (SSSR count). The van der Waals surface area contributed by atoms with E-state index in [2.05, 4.69) is 6.92 Å². The van der Waals surface area contributed by atoms with Crippen LogP contribution in [0.3, 0.4) is 0 Å². The SMILES string of the molecule is CCCCCOc1ccc(OC(=O)/C=C/c2ccc(OCCCCCCCCc3c(N)cc(N)cc3C(=O)O)cc2)cc1. The number of rotatable bonds is 19. The molecule has 0 aromatic heterocycles. The van der Waals surface area contributed by atoms with Gasteiger partial charge in [0, 0.05) is 17.5 Å². The molecule has 0 heterocycles. The Hall–Kier alpha value is -4.46. The molecule has 8 heteroatoms. The fourth-order valence-corrected chi connectivity index (χ4v) is 4.62. The van der Waals surface area contributed by atoms with E-state index in [9.17, 15) is 14.7 Å². The van der Waals surface area contributed by atoms with Gasteiger partial charge in [-0.1, -0.05) is 57.6 Å². The lowest BCUT2D eigenvalue weighted by molar-refractivity contribution is -0.128. The van der Waals surface area contributed by atoms with Crippen LogP contribution in [0.1, 0.15) is 86.2 Å². The highest BCUT2D eigenvalue weighted by Crippen LogP contribution is 2.24. The number of esters is 1. The Balaban J connectivity index is 1.27. The van der Waals surface area contributed by atoms with E-state index < -0.39 is 11.9 Å². The van der Waals surface area contributed by atoms with Gasteiger partial charge in [0.1, 0.15) is 17.2 Å². The number of nitrogen functional groups attached to an aromatic ring is 2. The summed E-state index contributed by atoms with van der Waals surface area (Å²) < 4.78 is 16.9. The highest BCUT2D eigenvalue weighted by atomic mass is 16.5. The third-order valence-electron chi connectivity index (χ3n) is 6.98. The standard InChI is InChI=1S/C35H44N2O6/c1-2-3-9-22-41-29-17-19-30(20-18-29)43-34(38)21-14-26-12-15-28(16-13-26)42-23-10-7-5-4-6-8-11-31-32(35(39)40)24-27(36)25-33(31)37/h12-21,24-25H,2-11,22-23,36-37H2,1H3,(H,39,40)/b21-14+. The van der Waals surface area contributed by atoms with Crippen LogP contribution in [0.4, 0.5) is 11.4 Å². The monoisotopic (exact) mass is 588 g/mol. The minimum Gasteiger partial charge on any atom is -0.494 e. The third kappa shape index (κ3) is 12.1. The molecule has 0 aliphatic carbocycles. The van der Waals surface area contributed by atoms with E-state index in [-0.39, 0.29) is 5.56 Å². The topological polar surface area (TPSA) is 134 Å². The maximum absolute atomic E-state index is 12.2. The highest BCUT2D eigenvalue weighted by Gasteiger charge is 2.14. The van der Waals surface area contributed by atoms with Gasteiger partial charge in [0.15, 0.2) is 0 Å². The summed E-state index contributed by atoms with van der Waals surface area (Å²) in [5, 5.41) is 9.41. The third-order valence-corrected chi connectivity index (χ3v) is 6.98. The van der Waals surface area contributed by atoms with E-state index in [1.165, 1.54) is 12.1 Å². The maximum atomic E-state index is 12.2. The highest BCUT2D eigenvalue weighted by molar-refractivity contribution is 5.92. The van der Waals surface area contributed by atoms with E-state index >= 15 is 0 Å². The van der Waals surface area contributed by atoms with Crippen molar-refractivity contribution in [3.63, 3.8) is 0 Å². The molecule has 43 heavy (non-hydrogen) atoms. The van der Waals surface area contributed by atoms with Gasteiger partial charge in [-0.2, -0.15) is 0 Å². The van der Waals surface area contributed by atoms with Crippen LogP contribution in [0.25, 0.3) is 6.08 Å². The van der Waals surface area contributed by atoms with Crippen LogP contribution in [0.5, 0.6) is 17.2 Å². The first-order valence-corrected chi connectivity index (χ1v) is 15.1. The van der Waals surface area contributed by atoms with Gasteiger partial charge in [-0.05, 0) is 91.4 Å². The maximum Gasteiger partial charge on any atom is 0.336 e. The van der Waals surface area contributed by atoms with Crippen molar-refractivity contribution in [1.82, 2.24) is 0 Å². The molecule has 0 spiro atoms. The fraction of sp³-hybridized carbons (Fsp3) is 0.371. The van der Waals surface area contributed by atoms with Crippen LogP contribution in [0.15, 0.2) is 66.7 Å². The zero-order chi connectivity index (χ0) is 30.9. The van der Waals surface area contributed by atoms with Gasteiger partial charge < -0.3 is 30.8 Å². The molecule has 3 aromatic rings. The number of aromatic carboxylic acids is 1. The zero-order valence-corrected chi connectivity index (χ0v) is 25.1. The normalized spacial score (nSPS) is 11.0. The van der Waals surface area contributed by atoms with Crippen molar-refractivity contribution in [2.75, 3.05) is 24.7 Å². The second kappa shape index (κ2) is 18.2. The largest absolute Gasteiger partial charge is 0.494 e. The quantitative estimate of drug-likeness (QED) is 0.0426. The summed E-state index contributed by atoms with van der Waals surface area (Å²) in [5.74, 6) is 0.572. The molecule has 5 N–H and O–H groups in total. The van der Waals surface area contributed by atoms with E-state index in [1.54, 1.807) is 36.4 Å². The fourth-order valence-electron chi connectivity index (χ4n) is 4.62. The summed E-state index contributed by atoms with van der Waals surface area (Å²) in [4.78, 5) is 23.7. The number of carboxylic acids is 1. The summed E-state index contributed by atoms with van der Waals surface area (Å²) in [6.45, 7) is 3.47. The summed E-state index contributed by atoms with van der Waals surface area (Å²) in [5.41, 5.74) is 14.3. The number of carboxylic acid groups (broad SMARTS) is 1. The summed E-state index contributed by atoms with van der Waals surface area (Å²) >= 11 is 0. The van der Waals surface area contributed by atoms with E-state index in [1.807, 2.05) is 24.3 Å². The summed E-state index contributed by atoms with van der Waals surface area (Å²) in [6, 6.07) is 17.7. The van der Waals surface area contributed by atoms with Crippen LogP contribution in [-0.2, 0) is 11.2 Å². The Bertz CT molecular complexity index is 1320. The first-order chi connectivity index (χ1) is 20.9. The Morgan fingerprint density at radius 1 is 0.744 bits per heavy atom. The molecule has 0 amide bonds. The number of unbranched alkanes of at least 4 members (excludes halogenated alkanes) is 7. The smallest absolute Gasteiger partial charge is 0.336 e. The number of anilines is 2. The van der Waals surface area contributed by atoms with Crippen molar-refractivity contribution < 1.29 is 28.9 Å². The Morgan fingerprint density at radius 2 is 1.30 bits per heavy atom.